The number of methoxy groups -OCH3 is 1. The average molecular weight is 424 g/mol. The molecule has 0 aliphatic carbocycles. The minimum absolute atomic E-state index is 0.0982. The molecule has 1 N–H and O–H groups in total. The zero-order chi connectivity index (χ0) is 20.6. The summed E-state index contributed by atoms with van der Waals surface area (Å²) in [6.07, 6.45) is 3.54. The normalized spacial score (nSPS) is 18.4. The highest BCUT2D eigenvalue weighted by Gasteiger charge is 2.23. The van der Waals surface area contributed by atoms with Crippen LogP contribution in [0.4, 0.5) is 5.13 Å². The number of thiazole rings is 1. The topological polar surface area (TPSA) is 95.1 Å². The molecule has 2 saturated heterocycles. The number of piperidine rings is 1. The van der Waals surface area contributed by atoms with Crippen LogP contribution in [-0.2, 0) is 25.5 Å². The van der Waals surface area contributed by atoms with Gasteiger partial charge in [0.05, 0.1) is 32.3 Å². The van der Waals surface area contributed by atoms with Gasteiger partial charge in [0.1, 0.15) is 0 Å². The Kier molecular flexibility index (Phi) is 7.96. The molecule has 2 aliphatic heterocycles. The number of hydrogen-bond donors (Lipinski definition) is 1. The molecule has 0 saturated carbocycles. The van der Waals surface area contributed by atoms with Crippen LogP contribution in [-0.4, -0.2) is 96.9 Å². The summed E-state index contributed by atoms with van der Waals surface area (Å²) in [6, 6.07) is 0. The summed E-state index contributed by atoms with van der Waals surface area (Å²) in [6.45, 7) is 5.62. The number of carbonyl (C=O) groups excluding carboxylic acids is 3. The number of piperazine rings is 1. The van der Waals surface area contributed by atoms with Crippen molar-refractivity contribution in [3.63, 3.8) is 0 Å². The number of rotatable bonds is 7. The monoisotopic (exact) mass is 423 g/mol. The molecule has 0 aromatic carbocycles. The maximum atomic E-state index is 12.4. The van der Waals surface area contributed by atoms with Crippen LogP contribution in [0.5, 0.6) is 0 Å². The number of hydrogen-bond acceptors (Lipinski definition) is 8. The van der Waals surface area contributed by atoms with Crippen LogP contribution in [0.3, 0.4) is 0 Å². The lowest BCUT2D eigenvalue weighted by molar-refractivity contribution is -0.139. The molecule has 1 aromatic rings. The van der Waals surface area contributed by atoms with Gasteiger partial charge in [-0.15, -0.1) is 11.3 Å². The van der Waals surface area contributed by atoms with Gasteiger partial charge < -0.3 is 15.0 Å². The number of nitrogens with zero attached hydrogens (tertiary/aromatic N) is 4. The molecule has 0 unspecified atom stereocenters. The van der Waals surface area contributed by atoms with Crippen molar-refractivity contribution in [3.05, 3.63) is 11.1 Å². The van der Waals surface area contributed by atoms with Crippen LogP contribution < -0.4 is 5.32 Å². The Balaban J connectivity index is 1.36. The molecule has 2 aliphatic rings. The first-order chi connectivity index (χ1) is 14.0. The van der Waals surface area contributed by atoms with E-state index in [0.29, 0.717) is 23.9 Å². The fourth-order valence-corrected chi connectivity index (χ4v) is 4.29. The third kappa shape index (κ3) is 6.76. The van der Waals surface area contributed by atoms with E-state index in [1.54, 1.807) is 5.38 Å². The van der Waals surface area contributed by atoms with E-state index in [2.05, 4.69) is 24.8 Å². The van der Waals surface area contributed by atoms with Crippen LogP contribution in [0.15, 0.2) is 5.38 Å². The molecule has 2 amide bonds. The highest BCUT2D eigenvalue weighted by molar-refractivity contribution is 7.13. The number of ether oxygens (including phenoxy) is 1. The number of anilines is 1. The van der Waals surface area contributed by atoms with Crippen LogP contribution in [0, 0.1) is 0 Å². The minimum Gasteiger partial charge on any atom is -0.469 e. The van der Waals surface area contributed by atoms with Gasteiger partial charge >= 0.3 is 5.97 Å². The second-order valence-electron chi connectivity index (χ2n) is 7.44. The van der Waals surface area contributed by atoms with Gasteiger partial charge in [0.15, 0.2) is 5.13 Å². The number of carbonyl (C=O) groups is 3. The SMILES string of the molecule is COC(=O)Cc1csc(NC(=O)CN2CCN(CC(=O)N3CCCCC3)CC2)n1. The summed E-state index contributed by atoms with van der Waals surface area (Å²) >= 11 is 1.29. The van der Waals surface area contributed by atoms with Gasteiger partial charge in [-0.25, -0.2) is 4.98 Å². The van der Waals surface area contributed by atoms with Gasteiger partial charge in [0.25, 0.3) is 0 Å². The number of esters is 1. The zero-order valence-electron chi connectivity index (χ0n) is 16.9. The highest BCUT2D eigenvalue weighted by atomic mass is 32.1. The van der Waals surface area contributed by atoms with Gasteiger partial charge in [-0.2, -0.15) is 0 Å². The summed E-state index contributed by atoms with van der Waals surface area (Å²) < 4.78 is 4.62. The van der Waals surface area contributed by atoms with Gasteiger partial charge in [-0.3, -0.25) is 24.2 Å². The van der Waals surface area contributed by atoms with E-state index >= 15 is 0 Å². The molecule has 9 nitrogen and oxygen atoms in total. The van der Waals surface area contributed by atoms with Gasteiger partial charge in [0.2, 0.25) is 11.8 Å². The molecule has 0 atom stereocenters. The first-order valence-corrected chi connectivity index (χ1v) is 10.9. The average Bonchev–Trinajstić information content (AvgIpc) is 3.16. The number of aromatic nitrogens is 1. The third-order valence-electron chi connectivity index (χ3n) is 5.25. The molecule has 160 valence electrons. The standard InChI is InChI=1S/C19H29N5O4S/c1-28-18(27)11-15-14-29-19(20-15)21-16(25)12-22-7-9-23(10-8-22)13-17(26)24-5-3-2-4-6-24/h14H,2-13H2,1H3,(H,20,21,25). The molecule has 10 heteroatoms. The Morgan fingerprint density at radius 3 is 2.34 bits per heavy atom. The Morgan fingerprint density at radius 1 is 1.03 bits per heavy atom. The Labute approximate surface area is 175 Å². The quantitative estimate of drug-likeness (QED) is 0.636. The van der Waals surface area contributed by atoms with Crippen molar-refractivity contribution in [1.82, 2.24) is 19.7 Å². The molecule has 3 heterocycles. The molecule has 3 rings (SSSR count). The summed E-state index contributed by atoms with van der Waals surface area (Å²) in [5.41, 5.74) is 0.587. The maximum Gasteiger partial charge on any atom is 0.311 e. The smallest absolute Gasteiger partial charge is 0.311 e. The summed E-state index contributed by atoms with van der Waals surface area (Å²) in [4.78, 5) is 46.4. The Bertz CT molecular complexity index is 711. The maximum absolute atomic E-state index is 12.4. The van der Waals surface area contributed by atoms with Crippen molar-refractivity contribution in [2.24, 2.45) is 0 Å². The van der Waals surface area contributed by atoms with Crippen LogP contribution in [0.25, 0.3) is 0 Å². The van der Waals surface area contributed by atoms with E-state index in [1.807, 2.05) is 4.90 Å². The van der Waals surface area contributed by atoms with E-state index in [9.17, 15) is 14.4 Å². The third-order valence-corrected chi connectivity index (χ3v) is 6.06. The van der Waals surface area contributed by atoms with Crippen molar-refractivity contribution in [3.8, 4) is 0 Å². The van der Waals surface area contributed by atoms with E-state index in [4.69, 9.17) is 0 Å². The van der Waals surface area contributed by atoms with Crippen LogP contribution >= 0.6 is 11.3 Å². The molecule has 0 spiro atoms. The second kappa shape index (κ2) is 10.7. The lowest BCUT2D eigenvalue weighted by Gasteiger charge is -2.35. The predicted molar refractivity (Wildman–Crippen MR) is 110 cm³/mol. The number of likely N-dealkylation sites (tertiary alicyclic amines) is 1. The molecule has 0 bridgehead atoms. The van der Waals surface area contributed by atoms with E-state index in [-0.39, 0.29) is 24.2 Å². The summed E-state index contributed by atoms with van der Waals surface area (Å²) in [7, 11) is 1.33. The van der Waals surface area contributed by atoms with Crippen LogP contribution in [0.1, 0.15) is 25.0 Å². The van der Waals surface area contributed by atoms with Crippen molar-refractivity contribution in [1.29, 1.82) is 0 Å². The fraction of sp³-hybridized carbons (Fsp3) is 0.684. The summed E-state index contributed by atoms with van der Waals surface area (Å²) in [5.74, 6) is -0.256. The minimum atomic E-state index is -0.357. The molecular formula is C19H29N5O4S. The first-order valence-electron chi connectivity index (χ1n) is 10.1. The van der Waals surface area contributed by atoms with Crippen LogP contribution in [0.2, 0.25) is 0 Å². The lowest BCUT2D eigenvalue weighted by Crippen LogP contribution is -2.51. The zero-order valence-corrected chi connectivity index (χ0v) is 17.7. The van der Waals surface area contributed by atoms with Gasteiger partial charge in [0, 0.05) is 44.6 Å². The van der Waals surface area contributed by atoms with E-state index < -0.39 is 0 Å². The number of nitrogens with one attached hydrogen (secondary N) is 1. The van der Waals surface area contributed by atoms with Gasteiger partial charge in [-0.05, 0) is 19.3 Å². The Morgan fingerprint density at radius 2 is 1.69 bits per heavy atom. The predicted octanol–water partition coefficient (Wildman–Crippen LogP) is 0.427. The van der Waals surface area contributed by atoms with Gasteiger partial charge in [-0.1, -0.05) is 0 Å². The largest absolute Gasteiger partial charge is 0.469 e. The van der Waals surface area contributed by atoms with Crippen molar-refractivity contribution < 1.29 is 19.1 Å². The highest BCUT2D eigenvalue weighted by Crippen LogP contribution is 2.16. The van der Waals surface area contributed by atoms with Crippen molar-refractivity contribution in [2.45, 2.75) is 25.7 Å². The molecule has 2 fully saturated rings. The first kappa shape index (κ1) is 21.7. The Hall–Kier alpha value is -2.04. The summed E-state index contributed by atoms with van der Waals surface area (Å²) in [5, 5.41) is 5.01. The van der Waals surface area contributed by atoms with E-state index in [0.717, 1.165) is 52.1 Å². The molecule has 29 heavy (non-hydrogen) atoms. The van der Waals surface area contributed by atoms with E-state index in [1.165, 1.54) is 24.9 Å². The lowest BCUT2D eigenvalue weighted by atomic mass is 10.1. The fourth-order valence-electron chi connectivity index (χ4n) is 3.57. The molecule has 0 radical (unpaired) electrons. The van der Waals surface area contributed by atoms with Crippen molar-refractivity contribution in [2.75, 3.05) is 64.8 Å². The molecular weight excluding hydrogens is 394 g/mol. The molecule has 1 aromatic heterocycles. The number of amides is 2. The van der Waals surface area contributed by atoms with Crippen molar-refractivity contribution >= 4 is 34.3 Å². The second-order valence-corrected chi connectivity index (χ2v) is 8.30.